The van der Waals surface area contributed by atoms with Crippen LogP contribution >= 0.6 is 0 Å². The van der Waals surface area contributed by atoms with Crippen LogP contribution in [-0.4, -0.2) is 48.8 Å². The Balaban J connectivity index is 1.48. The number of carbonyl (C=O) groups is 2. The van der Waals surface area contributed by atoms with Gasteiger partial charge in [0.2, 0.25) is 5.91 Å². The second kappa shape index (κ2) is 10.1. The van der Waals surface area contributed by atoms with Crippen molar-refractivity contribution in [2.45, 2.75) is 90.1 Å². The third-order valence-electron chi connectivity index (χ3n) is 8.44. The van der Waals surface area contributed by atoms with E-state index in [-0.39, 0.29) is 40.9 Å². The highest BCUT2D eigenvalue weighted by molar-refractivity contribution is 5.92. The molecule has 0 saturated carbocycles. The first-order valence-electron chi connectivity index (χ1n) is 13.2. The number of benzene rings is 1. The molecule has 2 heterocycles. The van der Waals surface area contributed by atoms with Gasteiger partial charge in [0.15, 0.2) is 0 Å². The topological polar surface area (TPSA) is 61.4 Å². The van der Waals surface area contributed by atoms with Crippen LogP contribution in [0.1, 0.15) is 89.8 Å². The molecule has 2 N–H and O–H groups in total. The minimum Gasteiger partial charge on any atom is -0.349 e. The van der Waals surface area contributed by atoms with Crippen molar-refractivity contribution in [3.63, 3.8) is 0 Å². The Morgan fingerprint density at radius 2 is 1.91 bits per heavy atom. The summed E-state index contributed by atoms with van der Waals surface area (Å²) >= 11 is 0. The first-order chi connectivity index (χ1) is 16.1. The van der Waals surface area contributed by atoms with Gasteiger partial charge in [0.1, 0.15) is 11.6 Å². The third-order valence-corrected chi connectivity index (χ3v) is 8.44. The van der Waals surface area contributed by atoms with E-state index in [0.717, 1.165) is 56.4 Å². The lowest BCUT2D eigenvalue weighted by molar-refractivity contribution is -0.130. The standard InChI is InChI=1S/C28H42FN3O2/c1-5-24(33)25-21(9-14-30-25)26(34)31-23-8-10-28(22-18-19(29)6-7-20(22)23)12-16-32(17-13-28)15-11-27(2,3)4/h6-7,18,21,23,25,30H,5,8-17H2,1-4H3,(H,31,34)/t21?,23-,25?/m0/s1. The average Bonchev–Trinajstić information content (AvgIpc) is 3.30. The Kier molecular flexibility index (Phi) is 7.49. The molecule has 2 saturated heterocycles. The van der Waals surface area contributed by atoms with Crippen LogP contribution in [0.5, 0.6) is 0 Å². The summed E-state index contributed by atoms with van der Waals surface area (Å²) < 4.78 is 14.4. The number of halogens is 1. The smallest absolute Gasteiger partial charge is 0.225 e. The van der Waals surface area contributed by atoms with Crippen molar-refractivity contribution in [2.24, 2.45) is 11.3 Å². The predicted molar refractivity (Wildman–Crippen MR) is 133 cm³/mol. The van der Waals surface area contributed by atoms with Gasteiger partial charge < -0.3 is 15.5 Å². The van der Waals surface area contributed by atoms with Gasteiger partial charge >= 0.3 is 0 Å². The van der Waals surface area contributed by atoms with Gasteiger partial charge in [-0.25, -0.2) is 4.39 Å². The van der Waals surface area contributed by atoms with Crippen molar-refractivity contribution < 1.29 is 14.0 Å². The summed E-state index contributed by atoms with van der Waals surface area (Å²) in [4.78, 5) is 28.1. The van der Waals surface area contributed by atoms with Crippen LogP contribution in [-0.2, 0) is 15.0 Å². The molecule has 3 aliphatic rings. The second-order valence-electron chi connectivity index (χ2n) is 11.9. The SMILES string of the molecule is CCC(=O)C1NCCC1C(=O)N[C@H]1CCC2(CCN(CCC(C)(C)C)CC2)c2cc(F)ccc21. The third kappa shape index (κ3) is 5.38. The molecule has 3 atom stereocenters. The van der Waals surface area contributed by atoms with Gasteiger partial charge in [0.05, 0.1) is 18.0 Å². The number of hydrogen-bond donors (Lipinski definition) is 2. The molecule has 1 aromatic rings. The Bertz CT molecular complexity index is 901. The molecule has 0 radical (unpaired) electrons. The lowest BCUT2D eigenvalue weighted by Gasteiger charge is -2.47. The average molecular weight is 472 g/mol. The van der Waals surface area contributed by atoms with Crippen LogP contribution < -0.4 is 10.6 Å². The van der Waals surface area contributed by atoms with Crippen LogP contribution in [0, 0.1) is 17.2 Å². The molecule has 2 aliphatic heterocycles. The number of likely N-dealkylation sites (tertiary alicyclic amines) is 1. The molecule has 0 aromatic heterocycles. The van der Waals surface area contributed by atoms with Crippen molar-refractivity contribution in [2.75, 3.05) is 26.2 Å². The summed E-state index contributed by atoms with van der Waals surface area (Å²) in [6.45, 7) is 12.6. The molecule has 4 rings (SSSR count). The highest BCUT2D eigenvalue weighted by Gasteiger charge is 2.44. The van der Waals surface area contributed by atoms with E-state index in [2.05, 4.69) is 36.3 Å². The first kappa shape index (κ1) is 25.3. The maximum Gasteiger partial charge on any atom is 0.225 e. The van der Waals surface area contributed by atoms with Gasteiger partial charge in [-0.1, -0.05) is 33.8 Å². The molecule has 2 unspecified atom stereocenters. The Morgan fingerprint density at radius 3 is 2.59 bits per heavy atom. The first-order valence-corrected chi connectivity index (χ1v) is 13.2. The van der Waals surface area contributed by atoms with Crippen molar-refractivity contribution in [3.05, 3.63) is 35.1 Å². The number of nitrogens with one attached hydrogen (secondary N) is 2. The summed E-state index contributed by atoms with van der Waals surface area (Å²) in [5, 5.41) is 6.46. The maximum absolute atomic E-state index is 14.4. The van der Waals surface area contributed by atoms with E-state index in [4.69, 9.17) is 0 Å². The van der Waals surface area contributed by atoms with Gasteiger partial charge in [0.25, 0.3) is 0 Å². The van der Waals surface area contributed by atoms with Gasteiger partial charge in [-0.2, -0.15) is 0 Å². The predicted octanol–water partition coefficient (Wildman–Crippen LogP) is 4.50. The number of nitrogens with zero attached hydrogens (tertiary/aromatic N) is 1. The van der Waals surface area contributed by atoms with Gasteiger partial charge in [0, 0.05) is 6.42 Å². The fourth-order valence-corrected chi connectivity index (χ4v) is 6.19. The van der Waals surface area contributed by atoms with Crippen LogP contribution in [0.25, 0.3) is 0 Å². The summed E-state index contributed by atoms with van der Waals surface area (Å²) in [5.74, 6) is -0.474. The van der Waals surface area contributed by atoms with E-state index < -0.39 is 0 Å². The molecule has 1 aliphatic carbocycles. The van der Waals surface area contributed by atoms with Crippen molar-refractivity contribution in [1.82, 2.24) is 15.5 Å². The number of hydrogen-bond acceptors (Lipinski definition) is 4. The molecular formula is C28H42FN3O2. The lowest BCUT2D eigenvalue weighted by atomic mass is 9.63. The van der Waals surface area contributed by atoms with E-state index >= 15 is 0 Å². The quantitative estimate of drug-likeness (QED) is 0.641. The van der Waals surface area contributed by atoms with E-state index in [9.17, 15) is 14.0 Å². The molecule has 1 amide bonds. The normalized spacial score (nSPS) is 26.9. The van der Waals surface area contributed by atoms with E-state index in [1.54, 1.807) is 6.07 Å². The largest absolute Gasteiger partial charge is 0.349 e. The number of rotatable bonds is 6. The Labute approximate surface area is 204 Å². The van der Waals surface area contributed by atoms with Gasteiger partial charge in [-0.05, 0) is 98.8 Å². The fourth-order valence-electron chi connectivity index (χ4n) is 6.19. The molecule has 1 aromatic carbocycles. The summed E-state index contributed by atoms with van der Waals surface area (Å²) in [6.07, 6.45) is 6.18. The number of amides is 1. The molecule has 6 heteroatoms. The highest BCUT2D eigenvalue weighted by atomic mass is 19.1. The van der Waals surface area contributed by atoms with E-state index in [0.29, 0.717) is 24.8 Å². The number of fused-ring (bicyclic) bond motifs is 2. The number of ketones is 1. The van der Waals surface area contributed by atoms with Crippen molar-refractivity contribution in [1.29, 1.82) is 0 Å². The molecule has 0 bridgehead atoms. The minimum atomic E-state index is -0.384. The Hall–Kier alpha value is -1.79. The van der Waals surface area contributed by atoms with E-state index in [1.807, 2.05) is 13.0 Å². The fraction of sp³-hybridized carbons (Fsp3) is 0.714. The summed E-state index contributed by atoms with van der Waals surface area (Å²) in [6, 6.07) is 4.62. The molecule has 188 valence electrons. The lowest BCUT2D eigenvalue weighted by Crippen LogP contribution is -2.48. The van der Waals surface area contributed by atoms with Crippen LogP contribution in [0.3, 0.4) is 0 Å². The Morgan fingerprint density at radius 1 is 1.18 bits per heavy atom. The summed E-state index contributed by atoms with van der Waals surface area (Å²) in [5.41, 5.74) is 2.47. The van der Waals surface area contributed by atoms with Crippen LogP contribution in [0.4, 0.5) is 4.39 Å². The zero-order valence-corrected chi connectivity index (χ0v) is 21.4. The van der Waals surface area contributed by atoms with E-state index in [1.165, 1.54) is 12.5 Å². The zero-order chi connectivity index (χ0) is 24.5. The molecular weight excluding hydrogens is 429 g/mol. The monoisotopic (exact) mass is 471 g/mol. The highest BCUT2D eigenvalue weighted by Crippen LogP contribution is 2.48. The zero-order valence-electron chi connectivity index (χ0n) is 21.4. The molecule has 5 nitrogen and oxygen atoms in total. The molecule has 1 spiro atoms. The van der Waals surface area contributed by atoms with Crippen molar-refractivity contribution >= 4 is 11.7 Å². The van der Waals surface area contributed by atoms with Crippen LogP contribution in [0.15, 0.2) is 18.2 Å². The molecule has 34 heavy (non-hydrogen) atoms. The number of carbonyl (C=O) groups excluding carboxylic acids is 2. The molecule has 2 fully saturated rings. The second-order valence-corrected chi connectivity index (χ2v) is 11.9. The van der Waals surface area contributed by atoms with Gasteiger partial charge in [-0.15, -0.1) is 0 Å². The van der Waals surface area contributed by atoms with Crippen LogP contribution in [0.2, 0.25) is 0 Å². The number of Topliss-reactive ketones (excluding diaryl/α,β-unsaturated/α-hetero) is 1. The maximum atomic E-state index is 14.4. The summed E-state index contributed by atoms with van der Waals surface area (Å²) in [7, 11) is 0. The minimum absolute atomic E-state index is 0.00742. The van der Waals surface area contributed by atoms with Crippen molar-refractivity contribution in [3.8, 4) is 0 Å². The number of piperidine rings is 1. The van der Waals surface area contributed by atoms with Gasteiger partial charge in [-0.3, -0.25) is 9.59 Å².